The Balaban J connectivity index is 2.81. The fourth-order valence-electron chi connectivity index (χ4n) is 0.813. The van der Waals surface area contributed by atoms with Crippen LogP contribution in [-0.2, 0) is 0 Å². The van der Waals surface area contributed by atoms with E-state index < -0.39 is 4.92 Å². The average Bonchev–Trinajstić information content (AvgIpc) is 2.04. The minimum absolute atomic E-state index is 0.0759. The van der Waals surface area contributed by atoms with Crippen molar-refractivity contribution in [2.75, 3.05) is 0 Å². The maximum atomic E-state index is 10.3. The Morgan fingerprint density at radius 2 is 2.00 bits per heavy atom. The Labute approximate surface area is 79.6 Å². The molecule has 0 bridgehead atoms. The van der Waals surface area contributed by atoms with Crippen LogP contribution in [0.3, 0.4) is 0 Å². The van der Waals surface area contributed by atoms with E-state index in [1.165, 1.54) is 23.9 Å². The molecule has 1 aromatic rings. The van der Waals surface area contributed by atoms with E-state index in [0.717, 1.165) is 4.90 Å². The number of benzene rings is 1. The van der Waals surface area contributed by atoms with Gasteiger partial charge in [-0.3, -0.25) is 15.5 Å². The first-order chi connectivity index (χ1) is 6.09. The molecule has 4 nitrogen and oxygen atoms in total. The Morgan fingerprint density at radius 3 is 2.38 bits per heavy atom. The number of thioether (sulfide) groups is 1. The van der Waals surface area contributed by atoms with Crippen LogP contribution in [0.1, 0.15) is 6.92 Å². The van der Waals surface area contributed by atoms with Crippen molar-refractivity contribution in [2.24, 2.45) is 0 Å². The SMILES string of the molecule is CC(=N)Sc1ccc([N+](=O)[O-])cc1. The highest BCUT2D eigenvalue weighted by atomic mass is 32.2. The number of nitrogens with one attached hydrogen (secondary N) is 1. The van der Waals surface area contributed by atoms with Gasteiger partial charge in [-0.25, -0.2) is 0 Å². The minimum Gasteiger partial charge on any atom is -0.298 e. The summed E-state index contributed by atoms with van der Waals surface area (Å²) in [5.74, 6) is 0. The lowest BCUT2D eigenvalue weighted by atomic mass is 10.3. The molecule has 0 radical (unpaired) electrons. The van der Waals surface area contributed by atoms with E-state index in [0.29, 0.717) is 5.04 Å². The van der Waals surface area contributed by atoms with Crippen molar-refractivity contribution in [3.8, 4) is 0 Å². The molecular weight excluding hydrogens is 188 g/mol. The monoisotopic (exact) mass is 196 g/mol. The number of rotatable bonds is 2. The van der Waals surface area contributed by atoms with Gasteiger partial charge in [0, 0.05) is 17.0 Å². The fraction of sp³-hybridized carbons (Fsp3) is 0.125. The van der Waals surface area contributed by atoms with Gasteiger partial charge < -0.3 is 0 Å². The van der Waals surface area contributed by atoms with Crippen LogP contribution >= 0.6 is 11.8 Å². The lowest BCUT2D eigenvalue weighted by molar-refractivity contribution is -0.384. The number of nitrogens with zero attached hydrogens (tertiary/aromatic N) is 1. The molecule has 0 fully saturated rings. The molecule has 1 N–H and O–H groups in total. The fourth-order valence-corrected chi connectivity index (χ4v) is 1.44. The smallest absolute Gasteiger partial charge is 0.269 e. The first kappa shape index (κ1) is 9.73. The molecule has 0 spiro atoms. The van der Waals surface area contributed by atoms with Crippen LogP contribution in [0.5, 0.6) is 0 Å². The minimum atomic E-state index is -0.439. The van der Waals surface area contributed by atoms with Gasteiger partial charge in [0.2, 0.25) is 0 Å². The Morgan fingerprint density at radius 1 is 1.46 bits per heavy atom. The van der Waals surface area contributed by atoms with Crippen molar-refractivity contribution in [3.63, 3.8) is 0 Å². The van der Waals surface area contributed by atoms with E-state index in [4.69, 9.17) is 5.41 Å². The van der Waals surface area contributed by atoms with Crippen molar-refractivity contribution in [1.29, 1.82) is 5.41 Å². The summed E-state index contributed by atoms with van der Waals surface area (Å²) in [5.41, 5.74) is 0.0759. The summed E-state index contributed by atoms with van der Waals surface area (Å²) in [6, 6.07) is 6.15. The quantitative estimate of drug-likeness (QED) is 0.260. The van der Waals surface area contributed by atoms with Crippen molar-refractivity contribution in [2.45, 2.75) is 11.8 Å². The molecule has 0 aromatic heterocycles. The van der Waals surface area contributed by atoms with Crippen molar-refractivity contribution >= 4 is 22.5 Å². The molecule has 0 saturated heterocycles. The molecule has 0 saturated carbocycles. The third-order valence-electron chi connectivity index (χ3n) is 1.32. The molecule has 0 aliphatic rings. The van der Waals surface area contributed by atoms with Gasteiger partial charge in [-0.1, -0.05) is 11.8 Å². The van der Waals surface area contributed by atoms with Gasteiger partial charge in [0.05, 0.1) is 9.97 Å². The number of nitro groups is 1. The number of hydrogen-bond acceptors (Lipinski definition) is 4. The van der Waals surface area contributed by atoms with E-state index in [1.54, 1.807) is 19.1 Å². The second-order valence-corrected chi connectivity index (χ2v) is 3.70. The van der Waals surface area contributed by atoms with Gasteiger partial charge in [0.25, 0.3) is 5.69 Å². The van der Waals surface area contributed by atoms with E-state index in [1.807, 2.05) is 0 Å². The standard InChI is InChI=1S/C8H8N2O2S/c1-6(9)13-8-4-2-7(3-5-8)10(11)12/h2-5,9H,1H3. The zero-order chi connectivity index (χ0) is 9.84. The topological polar surface area (TPSA) is 67.0 Å². The molecule has 1 aromatic carbocycles. The summed E-state index contributed by atoms with van der Waals surface area (Å²) in [5, 5.41) is 18.0. The molecule has 0 amide bonds. The van der Waals surface area contributed by atoms with E-state index in [-0.39, 0.29) is 5.69 Å². The zero-order valence-corrected chi connectivity index (χ0v) is 7.80. The molecule has 5 heteroatoms. The molecular formula is C8H8N2O2S. The van der Waals surface area contributed by atoms with E-state index in [2.05, 4.69) is 0 Å². The van der Waals surface area contributed by atoms with E-state index >= 15 is 0 Å². The van der Waals surface area contributed by atoms with Crippen molar-refractivity contribution < 1.29 is 4.92 Å². The average molecular weight is 196 g/mol. The second-order valence-electron chi connectivity index (χ2n) is 2.41. The summed E-state index contributed by atoms with van der Waals surface area (Å²) in [6.45, 7) is 1.67. The Kier molecular flexibility index (Phi) is 3.02. The van der Waals surface area contributed by atoms with E-state index in [9.17, 15) is 10.1 Å². The molecule has 13 heavy (non-hydrogen) atoms. The van der Waals surface area contributed by atoms with Crippen LogP contribution in [-0.4, -0.2) is 9.97 Å². The van der Waals surface area contributed by atoms with Gasteiger partial charge in [-0.15, -0.1) is 0 Å². The largest absolute Gasteiger partial charge is 0.298 e. The molecule has 1 rings (SSSR count). The summed E-state index contributed by atoms with van der Waals surface area (Å²) >= 11 is 1.28. The zero-order valence-electron chi connectivity index (χ0n) is 6.98. The number of non-ortho nitro benzene ring substituents is 1. The molecule has 68 valence electrons. The number of nitro benzene ring substituents is 1. The first-order valence-corrected chi connectivity index (χ1v) is 4.38. The predicted molar refractivity (Wildman–Crippen MR) is 52.4 cm³/mol. The van der Waals surface area contributed by atoms with Gasteiger partial charge in [0.15, 0.2) is 0 Å². The molecule has 0 heterocycles. The Hall–Kier alpha value is -1.36. The first-order valence-electron chi connectivity index (χ1n) is 3.57. The molecule has 0 unspecified atom stereocenters. The lowest BCUT2D eigenvalue weighted by Gasteiger charge is -1.97. The molecule has 0 aliphatic heterocycles. The summed E-state index contributed by atoms with van der Waals surface area (Å²) in [4.78, 5) is 10.7. The molecule has 0 atom stereocenters. The van der Waals surface area contributed by atoms with Crippen molar-refractivity contribution in [1.82, 2.24) is 0 Å². The highest BCUT2D eigenvalue weighted by Crippen LogP contribution is 2.21. The maximum Gasteiger partial charge on any atom is 0.269 e. The van der Waals surface area contributed by atoms with Crippen LogP contribution in [0.15, 0.2) is 29.2 Å². The lowest BCUT2D eigenvalue weighted by Crippen LogP contribution is -1.87. The maximum absolute atomic E-state index is 10.3. The second kappa shape index (κ2) is 4.04. The summed E-state index contributed by atoms with van der Waals surface area (Å²) < 4.78 is 0. The third-order valence-corrected chi connectivity index (χ3v) is 2.13. The van der Waals surface area contributed by atoms with Gasteiger partial charge in [-0.05, 0) is 19.1 Å². The van der Waals surface area contributed by atoms with Crippen LogP contribution in [0.25, 0.3) is 0 Å². The highest BCUT2D eigenvalue weighted by molar-refractivity contribution is 8.13. The van der Waals surface area contributed by atoms with Gasteiger partial charge in [-0.2, -0.15) is 0 Å². The van der Waals surface area contributed by atoms with Crippen LogP contribution in [0.4, 0.5) is 5.69 Å². The van der Waals surface area contributed by atoms with Gasteiger partial charge >= 0.3 is 0 Å². The summed E-state index contributed by atoms with van der Waals surface area (Å²) in [6.07, 6.45) is 0. The highest BCUT2D eigenvalue weighted by Gasteiger charge is 2.03. The van der Waals surface area contributed by atoms with Crippen LogP contribution in [0.2, 0.25) is 0 Å². The number of hydrogen-bond donors (Lipinski definition) is 1. The van der Waals surface area contributed by atoms with Crippen LogP contribution in [0, 0.1) is 15.5 Å². The Bertz CT molecular complexity index is 335. The van der Waals surface area contributed by atoms with Gasteiger partial charge in [0.1, 0.15) is 0 Å². The summed E-state index contributed by atoms with van der Waals surface area (Å²) in [7, 11) is 0. The predicted octanol–water partition coefficient (Wildman–Crippen LogP) is 2.68. The van der Waals surface area contributed by atoms with Crippen molar-refractivity contribution in [3.05, 3.63) is 34.4 Å². The normalized spacial score (nSPS) is 9.62. The third kappa shape index (κ3) is 2.87. The molecule has 0 aliphatic carbocycles. The van der Waals surface area contributed by atoms with Crippen LogP contribution < -0.4 is 0 Å².